The third kappa shape index (κ3) is 21.7. The minimum atomic E-state index is -5.59. The maximum atomic E-state index is 12.7. The van der Waals surface area contributed by atoms with Gasteiger partial charge < -0.3 is 56.0 Å². The number of amides is 2. The summed E-state index contributed by atoms with van der Waals surface area (Å²) in [5.41, 5.74) is 4.25. The summed E-state index contributed by atoms with van der Waals surface area (Å²) in [6.07, 6.45) is 9.93. The summed E-state index contributed by atoms with van der Waals surface area (Å²) < 4.78 is 62.4. The number of hydrogen-bond acceptors (Lipinski definition) is 19. The van der Waals surface area contributed by atoms with Gasteiger partial charge in [-0.1, -0.05) is 89.6 Å². The van der Waals surface area contributed by atoms with Crippen LogP contribution in [-0.2, 0) is 50.7 Å². The normalized spacial score (nSPS) is 20.6. The van der Waals surface area contributed by atoms with Gasteiger partial charge in [-0.15, -0.1) is 0 Å². The Hall–Kier alpha value is -2.74. The molecule has 2 aromatic heterocycles. The van der Waals surface area contributed by atoms with E-state index in [0.29, 0.717) is 6.42 Å². The SMILES string of the molecule is CCCCCC/C=C\CCCCCCC[C@@H](O)CC(=O)SCCNC(=O)CCNC(=O)[C@H](O)C(C)(C)COP(=O)(O)OP(=O)(O)OC[C@H]1O[C@@H](n2cnc3c(N)ncnc32)[C@H](O)[C@@H]1OP(=O)(O)O. The van der Waals surface area contributed by atoms with Crippen molar-refractivity contribution in [2.75, 3.05) is 37.8 Å². The molecule has 3 rings (SSSR count). The Morgan fingerprint density at radius 3 is 2.25 bits per heavy atom. The van der Waals surface area contributed by atoms with E-state index in [4.69, 9.17) is 19.5 Å². The van der Waals surface area contributed by atoms with E-state index >= 15 is 0 Å². The summed E-state index contributed by atoms with van der Waals surface area (Å²) in [5, 5.41) is 36.6. The molecule has 1 aliphatic heterocycles. The second-order valence-corrected chi connectivity index (χ2v) is 22.2. The number of nitrogens with zero attached hydrogens (tertiary/aromatic N) is 4. The van der Waals surface area contributed by atoms with Crippen molar-refractivity contribution < 1.29 is 85.6 Å². The Balaban J connectivity index is 1.32. The Bertz CT molecular complexity index is 2080. The first-order valence-electron chi connectivity index (χ1n) is 22.3. The Kier molecular flexibility index (Phi) is 25.4. The van der Waals surface area contributed by atoms with Crippen LogP contribution >= 0.6 is 35.2 Å². The number of anilines is 1. The number of unbranched alkanes of at least 4 members (excludes halogenated alkanes) is 9. The Morgan fingerprint density at radius 2 is 1.57 bits per heavy atom. The van der Waals surface area contributed by atoms with Gasteiger partial charge in [0.15, 0.2) is 22.8 Å². The summed E-state index contributed by atoms with van der Waals surface area (Å²) in [6.45, 7) is 2.60. The zero-order valence-electron chi connectivity index (χ0n) is 38.4. The third-order valence-electron chi connectivity index (χ3n) is 10.5. The van der Waals surface area contributed by atoms with Crippen molar-refractivity contribution >= 4 is 69.1 Å². The number of carbonyl (C=O) groups excluding carboxylic acids is 3. The molecule has 29 heteroatoms. The summed E-state index contributed by atoms with van der Waals surface area (Å²) in [6, 6.07) is 0. The number of ether oxygens (including phenoxy) is 1. The second kappa shape index (κ2) is 28.9. The van der Waals surface area contributed by atoms with E-state index < -0.39 is 90.7 Å². The van der Waals surface area contributed by atoms with Crippen LogP contribution in [-0.4, -0.2) is 134 Å². The first-order valence-corrected chi connectivity index (χ1v) is 27.8. The maximum absolute atomic E-state index is 12.7. The minimum absolute atomic E-state index is 0.0174. The number of phosphoric ester groups is 3. The molecular weight excluding hydrogens is 979 g/mol. The first kappa shape index (κ1) is 59.6. The van der Waals surface area contributed by atoms with Crippen molar-refractivity contribution in [3.8, 4) is 0 Å². The quantitative estimate of drug-likeness (QED) is 0.0271. The van der Waals surface area contributed by atoms with Crippen LogP contribution in [0.25, 0.3) is 11.2 Å². The average Bonchev–Trinajstić information content (AvgIpc) is 3.82. The van der Waals surface area contributed by atoms with Crippen molar-refractivity contribution in [3.63, 3.8) is 0 Å². The second-order valence-electron chi connectivity index (χ2n) is 16.8. The molecule has 1 saturated heterocycles. The molecule has 2 unspecified atom stereocenters. The summed E-state index contributed by atoms with van der Waals surface area (Å²) in [5.74, 6) is -1.23. The monoisotopic (exact) mass is 1050 g/mol. The van der Waals surface area contributed by atoms with Gasteiger partial charge >= 0.3 is 23.5 Å². The van der Waals surface area contributed by atoms with Gasteiger partial charge in [-0.05, 0) is 32.1 Å². The van der Waals surface area contributed by atoms with Crippen LogP contribution in [0.3, 0.4) is 0 Å². The van der Waals surface area contributed by atoms with Crippen LogP contribution in [0.2, 0.25) is 0 Å². The molecule has 11 N–H and O–H groups in total. The number of thioether (sulfide) groups is 1. The number of rotatable bonds is 34. The molecule has 0 radical (unpaired) electrons. The number of allylic oxidation sites excluding steroid dienone is 2. The van der Waals surface area contributed by atoms with E-state index in [1.165, 1.54) is 39.5 Å². The highest BCUT2D eigenvalue weighted by Crippen LogP contribution is 2.61. The van der Waals surface area contributed by atoms with Gasteiger partial charge in [-0.3, -0.25) is 32.5 Å². The molecule has 25 nitrogen and oxygen atoms in total. The number of nitrogens with one attached hydrogen (secondary N) is 2. The lowest BCUT2D eigenvalue weighted by molar-refractivity contribution is -0.137. The lowest BCUT2D eigenvalue weighted by Gasteiger charge is -2.30. The molecule has 0 bridgehead atoms. The minimum Gasteiger partial charge on any atom is -0.393 e. The van der Waals surface area contributed by atoms with Crippen LogP contribution < -0.4 is 16.4 Å². The summed E-state index contributed by atoms with van der Waals surface area (Å²) >= 11 is 0.994. The number of aromatic nitrogens is 4. The van der Waals surface area contributed by atoms with Gasteiger partial charge in [0.25, 0.3) is 0 Å². The molecule has 0 aliphatic carbocycles. The standard InChI is InChI=1S/C39H68N7O18P3S/c1-4-5-6-7-8-9-10-11-12-13-14-15-16-17-27(47)22-30(49)68-21-20-41-29(48)18-19-42-37(52)34(51)39(2,3)24-61-67(58,59)64-66(56,57)60-23-28-33(63-65(53,54)55)32(50)38(62-28)46-26-45-31-35(40)43-25-44-36(31)46/h9-10,25-28,32-34,38,47,50-51H,4-8,11-24H2,1-3H3,(H,41,48)(H,42,52)(H,56,57)(H,58,59)(H2,40,43,44)(H2,53,54,55)/b10-9-/t27-,28-,32-,33-,34+,38-/m1/s1. The van der Waals surface area contributed by atoms with Gasteiger partial charge in [-0.25, -0.2) is 28.6 Å². The molecule has 3 heterocycles. The fourth-order valence-electron chi connectivity index (χ4n) is 6.75. The van der Waals surface area contributed by atoms with Gasteiger partial charge in [0, 0.05) is 37.1 Å². The van der Waals surface area contributed by atoms with E-state index in [1.807, 2.05) is 0 Å². The molecule has 0 saturated carbocycles. The van der Waals surface area contributed by atoms with Crippen molar-refractivity contribution in [3.05, 3.63) is 24.8 Å². The van der Waals surface area contributed by atoms with E-state index in [9.17, 15) is 63.0 Å². The molecule has 388 valence electrons. The topological polar surface area (TPSA) is 384 Å². The zero-order chi connectivity index (χ0) is 50.5. The fraction of sp³-hybridized carbons (Fsp3) is 0.744. The summed E-state index contributed by atoms with van der Waals surface area (Å²) in [7, 11) is -16.4. The highest BCUT2D eigenvalue weighted by molar-refractivity contribution is 8.13. The van der Waals surface area contributed by atoms with E-state index in [-0.39, 0.29) is 53.8 Å². The van der Waals surface area contributed by atoms with Crippen molar-refractivity contribution in [1.82, 2.24) is 30.2 Å². The van der Waals surface area contributed by atoms with E-state index in [2.05, 4.69) is 53.5 Å². The number of nitrogens with two attached hydrogens (primary N) is 1. The number of carbonyl (C=O) groups is 3. The molecule has 1 aliphatic rings. The maximum Gasteiger partial charge on any atom is 0.481 e. The number of aliphatic hydroxyl groups excluding tert-OH is 3. The number of imidazole rings is 1. The molecule has 1 fully saturated rings. The van der Waals surface area contributed by atoms with Crippen molar-refractivity contribution in [2.45, 2.75) is 147 Å². The number of fused-ring (bicyclic) bond motifs is 1. The van der Waals surface area contributed by atoms with Crippen LogP contribution in [0.15, 0.2) is 24.8 Å². The number of nitrogen functional groups attached to an aromatic ring is 1. The number of hydrogen-bond donors (Lipinski definition) is 10. The molecule has 0 aromatic carbocycles. The van der Waals surface area contributed by atoms with Gasteiger partial charge in [0.1, 0.15) is 36.3 Å². The highest BCUT2D eigenvalue weighted by atomic mass is 32.2. The average molecular weight is 1050 g/mol. The number of aliphatic hydroxyl groups is 3. The Morgan fingerprint density at radius 1 is 0.926 bits per heavy atom. The molecule has 68 heavy (non-hydrogen) atoms. The fourth-order valence-corrected chi connectivity index (χ4v) is 10.3. The lowest BCUT2D eigenvalue weighted by atomic mass is 9.87. The van der Waals surface area contributed by atoms with Crippen molar-refractivity contribution in [1.29, 1.82) is 0 Å². The molecule has 0 spiro atoms. The molecular formula is C39H68N7O18P3S. The largest absolute Gasteiger partial charge is 0.481 e. The molecule has 2 amide bonds. The summed E-state index contributed by atoms with van der Waals surface area (Å²) in [4.78, 5) is 88.4. The molecule has 2 aromatic rings. The van der Waals surface area contributed by atoms with Crippen LogP contribution in [0.1, 0.15) is 117 Å². The predicted octanol–water partition coefficient (Wildman–Crippen LogP) is 3.67. The van der Waals surface area contributed by atoms with Gasteiger partial charge in [0.2, 0.25) is 11.8 Å². The predicted molar refractivity (Wildman–Crippen MR) is 248 cm³/mol. The van der Waals surface area contributed by atoms with Gasteiger partial charge in [-0.2, -0.15) is 4.31 Å². The van der Waals surface area contributed by atoms with Crippen LogP contribution in [0.4, 0.5) is 5.82 Å². The lowest BCUT2D eigenvalue weighted by Crippen LogP contribution is -2.46. The highest BCUT2D eigenvalue weighted by Gasteiger charge is 2.50. The third-order valence-corrected chi connectivity index (χ3v) is 14.5. The Labute approximate surface area is 399 Å². The first-order chi connectivity index (χ1) is 31.9. The van der Waals surface area contributed by atoms with Crippen LogP contribution in [0.5, 0.6) is 0 Å². The van der Waals surface area contributed by atoms with Crippen LogP contribution in [0, 0.1) is 5.41 Å². The van der Waals surface area contributed by atoms with Gasteiger partial charge in [0.05, 0.1) is 25.6 Å². The van der Waals surface area contributed by atoms with Crippen molar-refractivity contribution in [2.24, 2.45) is 5.41 Å². The number of phosphoric acid groups is 3. The van der Waals surface area contributed by atoms with E-state index in [1.54, 1.807) is 0 Å². The molecule has 8 atom stereocenters. The zero-order valence-corrected chi connectivity index (χ0v) is 41.9. The van der Waals surface area contributed by atoms with E-state index in [0.717, 1.165) is 73.9 Å². The smallest absolute Gasteiger partial charge is 0.393 e.